The lowest BCUT2D eigenvalue weighted by atomic mass is 9.86. The van der Waals surface area contributed by atoms with Crippen LogP contribution >= 0.6 is 0 Å². The van der Waals surface area contributed by atoms with Crippen molar-refractivity contribution in [3.05, 3.63) is 82.4 Å². The SMILES string of the molecule is COc1ccc(C(=N)c2cc(NC3CCCc4cc(C#N)ccc43)ccc2N)cc1OC. The average molecular weight is 427 g/mol. The predicted molar refractivity (Wildman–Crippen MR) is 127 cm³/mol. The smallest absolute Gasteiger partial charge is 0.161 e. The normalized spacial score (nSPS) is 14.7. The molecule has 6 heteroatoms. The molecule has 1 aliphatic rings. The molecule has 0 saturated heterocycles. The summed E-state index contributed by atoms with van der Waals surface area (Å²) in [6, 6.07) is 19.4. The number of hydrogen-bond donors (Lipinski definition) is 3. The third kappa shape index (κ3) is 4.10. The number of nitrogens with two attached hydrogens (primary N) is 1. The number of rotatable bonds is 6. The third-order valence-corrected chi connectivity index (χ3v) is 5.92. The second kappa shape index (κ2) is 9.03. The number of aryl methyl sites for hydroxylation is 1. The van der Waals surface area contributed by atoms with Gasteiger partial charge in [-0.25, -0.2) is 0 Å². The van der Waals surface area contributed by atoms with Gasteiger partial charge in [0.1, 0.15) is 0 Å². The molecule has 162 valence electrons. The molecular formula is C26H26N4O2. The lowest BCUT2D eigenvalue weighted by Crippen LogP contribution is -2.18. The van der Waals surface area contributed by atoms with E-state index in [1.807, 2.05) is 36.4 Å². The Morgan fingerprint density at radius 1 is 1.06 bits per heavy atom. The summed E-state index contributed by atoms with van der Waals surface area (Å²) < 4.78 is 10.7. The van der Waals surface area contributed by atoms with Gasteiger partial charge in [-0.15, -0.1) is 0 Å². The van der Waals surface area contributed by atoms with Crippen LogP contribution in [0.2, 0.25) is 0 Å². The zero-order chi connectivity index (χ0) is 22.7. The number of methoxy groups -OCH3 is 2. The van der Waals surface area contributed by atoms with Gasteiger partial charge in [0.2, 0.25) is 0 Å². The maximum Gasteiger partial charge on any atom is 0.161 e. The van der Waals surface area contributed by atoms with Gasteiger partial charge >= 0.3 is 0 Å². The molecule has 0 aliphatic heterocycles. The van der Waals surface area contributed by atoms with Crippen LogP contribution in [0.5, 0.6) is 11.5 Å². The minimum absolute atomic E-state index is 0.151. The van der Waals surface area contributed by atoms with Crippen molar-refractivity contribution in [2.75, 3.05) is 25.3 Å². The van der Waals surface area contributed by atoms with Gasteiger partial charge in [-0.3, -0.25) is 5.41 Å². The summed E-state index contributed by atoms with van der Waals surface area (Å²) in [7, 11) is 3.16. The molecule has 4 rings (SSSR count). The van der Waals surface area contributed by atoms with E-state index in [0.717, 1.165) is 24.9 Å². The van der Waals surface area contributed by atoms with Crippen LogP contribution in [0.25, 0.3) is 0 Å². The van der Waals surface area contributed by atoms with Crippen molar-refractivity contribution < 1.29 is 9.47 Å². The molecular weight excluding hydrogens is 400 g/mol. The van der Waals surface area contributed by atoms with Gasteiger partial charge in [0.15, 0.2) is 11.5 Å². The van der Waals surface area contributed by atoms with Gasteiger partial charge in [0.25, 0.3) is 0 Å². The van der Waals surface area contributed by atoms with Crippen LogP contribution < -0.4 is 20.5 Å². The summed E-state index contributed by atoms with van der Waals surface area (Å²) >= 11 is 0. The van der Waals surface area contributed by atoms with Crippen molar-refractivity contribution in [3.8, 4) is 17.6 Å². The number of nitrogens with one attached hydrogen (secondary N) is 2. The standard InChI is InChI=1S/C26H26N4O2/c1-31-24-11-7-18(13-25(24)32-2)26(29)21-14-19(8-10-22(21)28)30-23-5-3-4-17-12-16(15-27)6-9-20(17)23/h6-14,23,29-30H,3-5,28H2,1-2H3. The van der Waals surface area contributed by atoms with E-state index in [-0.39, 0.29) is 6.04 Å². The highest BCUT2D eigenvalue weighted by Crippen LogP contribution is 2.34. The second-order valence-electron chi connectivity index (χ2n) is 7.86. The number of nitriles is 1. The molecule has 0 amide bonds. The highest BCUT2D eigenvalue weighted by atomic mass is 16.5. The molecule has 6 nitrogen and oxygen atoms in total. The average Bonchev–Trinajstić information content (AvgIpc) is 2.84. The maximum absolute atomic E-state index is 9.19. The summed E-state index contributed by atoms with van der Waals surface area (Å²) in [5.74, 6) is 1.18. The first-order chi connectivity index (χ1) is 15.5. The fourth-order valence-corrected chi connectivity index (χ4v) is 4.24. The Bertz CT molecular complexity index is 1210. The lowest BCUT2D eigenvalue weighted by Gasteiger charge is -2.28. The fourth-order valence-electron chi connectivity index (χ4n) is 4.24. The number of anilines is 2. The molecule has 3 aromatic carbocycles. The first-order valence-electron chi connectivity index (χ1n) is 10.5. The predicted octanol–water partition coefficient (Wildman–Crippen LogP) is 5.06. The number of nitrogen functional groups attached to an aromatic ring is 1. The fraction of sp³-hybridized carbons (Fsp3) is 0.231. The number of hydrogen-bond acceptors (Lipinski definition) is 6. The Morgan fingerprint density at radius 2 is 1.88 bits per heavy atom. The Balaban J connectivity index is 1.62. The molecule has 1 atom stereocenters. The topological polar surface area (TPSA) is 104 Å². The monoisotopic (exact) mass is 426 g/mol. The van der Waals surface area contributed by atoms with E-state index in [9.17, 15) is 5.26 Å². The van der Waals surface area contributed by atoms with Crippen LogP contribution in [-0.4, -0.2) is 19.9 Å². The van der Waals surface area contributed by atoms with Crippen molar-refractivity contribution in [3.63, 3.8) is 0 Å². The van der Waals surface area contributed by atoms with Crippen molar-refractivity contribution in [1.29, 1.82) is 10.7 Å². The highest BCUT2D eigenvalue weighted by Gasteiger charge is 2.21. The zero-order valence-corrected chi connectivity index (χ0v) is 18.2. The number of nitrogens with zero attached hydrogens (tertiary/aromatic N) is 1. The minimum Gasteiger partial charge on any atom is -0.493 e. The molecule has 0 spiro atoms. The number of fused-ring (bicyclic) bond motifs is 1. The van der Waals surface area contributed by atoms with Gasteiger partial charge in [-0.2, -0.15) is 5.26 Å². The summed E-state index contributed by atoms with van der Waals surface area (Å²) in [6.07, 6.45) is 3.05. The summed E-state index contributed by atoms with van der Waals surface area (Å²) in [5.41, 5.74) is 12.5. The Kier molecular flexibility index (Phi) is 6.00. The van der Waals surface area contributed by atoms with Crippen molar-refractivity contribution in [2.24, 2.45) is 0 Å². The Hall–Kier alpha value is -3.98. The third-order valence-electron chi connectivity index (χ3n) is 5.92. The molecule has 0 bridgehead atoms. The van der Waals surface area contributed by atoms with Crippen molar-refractivity contribution >= 4 is 17.1 Å². The van der Waals surface area contributed by atoms with E-state index in [4.69, 9.17) is 20.6 Å². The van der Waals surface area contributed by atoms with Crippen LogP contribution in [0.15, 0.2) is 54.6 Å². The molecule has 3 aromatic rings. The molecule has 0 aromatic heterocycles. The lowest BCUT2D eigenvalue weighted by molar-refractivity contribution is 0.355. The molecule has 0 heterocycles. The van der Waals surface area contributed by atoms with Crippen LogP contribution in [0.4, 0.5) is 11.4 Å². The zero-order valence-electron chi connectivity index (χ0n) is 18.2. The molecule has 32 heavy (non-hydrogen) atoms. The summed E-state index contributed by atoms with van der Waals surface area (Å²) in [6.45, 7) is 0. The first kappa shape index (κ1) is 21.3. The molecule has 1 unspecified atom stereocenters. The summed E-state index contributed by atoms with van der Waals surface area (Å²) in [5, 5.41) is 21.6. The van der Waals surface area contributed by atoms with Crippen LogP contribution in [0, 0.1) is 16.7 Å². The molecule has 4 N–H and O–H groups in total. The van der Waals surface area contributed by atoms with E-state index in [2.05, 4.69) is 17.5 Å². The maximum atomic E-state index is 9.19. The van der Waals surface area contributed by atoms with E-state index in [1.165, 1.54) is 11.1 Å². The van der Waals surface area contributed by atoms with Gasteiger partial charge in [0, 0.05) is 22.5 Å². The molecule has 0 radical (unpaired) electrons. The van der Waals surface area contributed by atoms with E-state index < -0.39 is 0 Å². The van der Waals surface area contributed by atoms with Gasteiger partial charge in [0.05, 0.1) is 37.6 Å². The number of ether oxygens (including phenoxy) is 2. The van der Waals surface area contributed by atoms with Crippen molar-refractivity contribution in [1.82, 2.24) is 0 Å². The van der Waals surface area contributed by atoms with Crippen molar-refractivity contribution in [2.45, 2.75) is 25.3 Å². The van der Waals surface area contributed by atoms with E-state index in [0.29, 0.717) is 39.6 Å². The van der Waals surface area contributed by atoms with Crippen LogP contribution in [0.3, 0.4) is 0 Å². The van der Waals surface area contributed by atoms with Gasteiger partial charge in [-0.05, 0) is 78.9 Å². The molecule has 0 fully saturated rings. The van der Waals surface area contributed by atoms with E-state index in [1.54, 1.807) is 26.4 Å². The quantitative estimate of drug-likeness (QED) is 0.377. The van der Waals surface area contributed by atoms with Gasteiger partial charge in [-0.1, -0.05) is 6.07 Å². The number of benzene rings is 3. The van der Waals surface area contributed by atoms with E-state index >= 15 is 0 Å². The second-order valence-corrected chi connectivity index (χ2v) is 7.86. The highest BCUT2D eigenvalue weighted by molar-refractivity contribution is 6.14. The largest absolute Gasteiger partial charge is 0.493 e. The minimum atomic E-state index is 0.151. The molecule has 1 aliphatic carbocycles. The summed E-state index contributed by atoms with van der Waals surface area (Å²) in [4.78, 5) is 0. The van der Waals surface area contributed by atoms with Gasteiger partial charge < -0.3 is 20.5 Å². The Labute approximate surface area is 188 Å². The van der Waals surface area contributed by atoms with Crippen LogP contribution in [-0.2, 0) is 6.42 Å². The first-order valence-corrected chi connectivity index (χ1v) is 10.5. The Morgan fingerprint density at radius 3 is 2.62 bits per heavy atom. The van der Waals surface area contributed by atoms with Crippen LogP contribution in [0.1, 0.15) is 46.7 Å². The molecule has 0 saturated carbocycles.